The van der Waals surface area contributed by atoms with Crippen LogP contribution in [0, 0.1) is 0 Å². The van der Waals surface area contributed by atoms with Gasteiger partial charge in [-0.2, -0.15) is 0 Å². The van der Waals surface area contributed by atoms with Gasteiger partial charge in [-0.25, -0.2) is 9.79 Å². The molecular formula is C24H19NO4. The van der Waals surface area contributed by atoms with E-state index in [2.05, 4.69) is 4.99 Å². The maximum absolute atomic E-state index is 12.2. The van der Waals surface area contributed by atoms with Crippen LogP contribution in [0.25, 0.3) is 6.08 Å². The quantitative estimate of drug-likeness (QED) is 0.459. The fourth-order valence-corrected chi connectivity index (χ4v) is 2.86. The van der Waals surface area contributed by atoms with E-state index in [4.69, 9.17) is 14.2 Å². The fourth-order valence-electron chi connectivity index (χ4n) is 2.86. The zero-order valence-electron chi connectivity index (χ0n) is 15.9. The minimum atomic E-state index is -0.480. The number of methoxy groups -OCH3 is 1. The lowest BCUT2D eigenvalue weighted by atomic mass is 10.2. The van der Waals surface area contributed by atoms with E-state index < -0.39 is 5.97 Å². The average molecular weight is 385 g/mol. The van der Waals surface area contributed by atoms with Gasteiger partial charge in [0.15, 0.2) is 5.70 Å². The van der Waals surface area contributed by atoms with Crippen LogP contribution in [0.3, 0.4) is 0 Å². The third kappa shape index (κ3) is 4.52. The van der Waals surface area contributed by atoms with Crippen LogP contribution in [0.5, 0.6) is 11.5 Å². The van der Waals surface area contributed by atoms with Crippen molar-refractivity contribution in [2.75, 3.05) is 7.11 Å². The SMILES string of the molecule is COc1ccc(C2=N/C(=C\c3cccc(OCc4ccccc4)c3)C(=O)O2)cc1. The molecule has 0 atom stereocenters. The van der Waals surface area contributed by atoms with Gasteiger partial charge in [0.2, 0.25) is 5.90 Å². The summed E-state index contributed by atoms with van der Waals surface area (Å²) in [6.45, 7) is 0.475. The first kappa shape index (κ1) is 18.5. The summed E-state index contributed by atoms with van der Waals surface area (Å²) in [6, 6.07) is 24.6. The molecule has 5 nitrogen and oxygen atoms in total. The maximum atomic E-state index is 12.2. The van der Waals surface area contributed by atoms with Gasteiger partial charge in [-0.1, -0.05) is 42.5 Å². The summed E-state index contributed by atoms with van der Waals surface area (Å²) in [6.07, 6.45) is 1.69. The van der Waals surface area contributed by atoms with Crippen molar-refractivity contribution in [3.8, 4) is 11.5 Å². The van der Waals surface area contributed by atoms with Crippen molar-refractivity contribution >= 4 is 17.9 Å². The number of benzene rings is 3. The van der Waals surface area contributed by atoms with Crippen LogP contribution in [0.4, 0.5) is 0 Å². The Labute approximate surface area is 168 Å². The van der Waals surface area contributed by atoms with Crippen molar-refractivity contribution < 1.29 is 19.0 Å². The second kappa shape index (κ2) is 8.44. The number of nitrogens with zero attached hydrogens (tertiary/aromatic N) is 1. The zero-order valence-corrected chi connectivity index (χ0v) is 15.9. The predicted molar refractivity (Wildman–Crippen MR) is 111 cm³/mol. The Morgan fingerprint density at radius 2 is 1.72 bits per heavy atom. The lowest BCUT2D eigenvalue weighted by molar-refractivity contribution is -0.129. The van der Waals surface area contributed by atoms with Crippen LogP contribution >= 0.6 is 0 Å². The molecule has 3 aromatic carbocycles. The highest BCUT2D eigenvalue weighted by Gasteiger charge is 2.24. The molecule has 0 radical (unpaired) electrons. The molecule has 5 heteroatoms. The van der Waals surface area contributed by atoms with E-state index >= 15 is 0 Å². The standard InChI is InChI=1S/C24H19NO4/c1-27-20-12-10-19(11-13-20)23-25-22(24(26)29-23)15-18-8-5-9-21(14-18)28-16-17-6-3-2-4-7-17/h2-15H,16H2,1H3/b22-15-. The molecule has 0 aliphatic carbocycles. The number of carbonyl (C=O) groups excluding carboxylic acids is 1. The minimum absolute atomic E-state index is 0.246. The smallest absolute Gasteiger partial charge is 0.363 e. The van der Waals surface area contributed by atoms with E-state index in [1.807, 2.05) is 54.6 Å². The van der Waals surface area contributed by atoms with Gasteiger partial charge in [0.05, 0.1) is 7.11 Å². The topological polar surface area (TPSA) is 57.1 Å². The molecule has 1 aliphatic heterocycles. The van der Waals surface area contributed by atoms with Gasteiger partial charge in [0.25, 0.3) is 0 Å². The lowest BCUT2D eigenvalue weighted by Crippen LogP contribution is -2.05. The second-order valence-corrected chi connectivity index (χ2v) is 6.41. The average Bonchev–Trinajstić information content (AvgIpc) is 3.13. The Morgan fingerprint density at radius 1 is 0.931 bits per heavy atom. The first-order chi connectivity index (χ1) is 14.2. The van der Waals surface area contributed by atoms with Crippen molar-refractivity contribution in [2.45, 2.75) is 6.61 Å². The van der Waals surface area contributed by atoms with E-state index in [9.17, 15) is 4.79 Å². The summed E-state index contributed by atoms with van der Waals surface area (Å²) in [4.78, 5) is 16.6. The molecule has 0 N–H and O–H groups in total. The first-order valence-electron chi connectivity index (χ1n) is 9.15. The predicted octanol–water partition coefficient (Wildman–Crippen LogP) is 4.62. The number of rotatable bonds is 6. The van der Waals surface area contributed by atoms with Crippen LogP contribution < -0.4 is 9.47 Å². The molecule has 0 spiro atoms. The molecule has 0 aromatic heterocycles. The first-order valence-corrected chi connectivity index (χ1v) is 9.15. The summed E-state index contributed by atoms with van der Waals surface area (Å²) in [5, 5.41) is 0. The normalized spacial score (nSPS) is 14.4. The monoisotopic (exact) mass is 385 g/mol. The summed E-state index contributed by atoms with van der Waals surface area (Å²) in [5.74, 6) is 1.24. The summed E-state index contributed by atoms with van der Waals surface area (Å²) < 4.78 is 16.3. The van der Waals surface area contributed by atoms with Gasteiger partial charge in [-0.05, 0) is 53.6 Å². The van der Waals surface area contributed by atoms with Gasteiger partial charge in [0, 0.05) is 5.56 Å². The summed E-state index contributed by atoms with van der Waals surface area (Å²) in [5.41, 5.74) is 2.85. The van der Waals surface area contributed by atoms with Crippen molar-refractivity contribution in [3.05, 3.63) is 101 Å². The van der Waals surface area contributed by atoms with E-state index in [0.29, 0.717) is 17.9 Å². The van der Waals surface area contributed by atoms with Gasteiger partial charge in [0.1, 0.15) is 18.1 Å². The van der Waals surface area contributed by atoms with Crippen LogP contribution in [-0.4, -0.2) is 19.0 Å². The Bertz CT molecular complexity index is 1070. The molecular weight excluding hydrogens is 366 g/mol. The number of ether oxygens (including phenoxy) is 3. The van der Waals surface area contributed by atoms with Crippen molar-refractivity contribution in [3.63, 3.8) is 0 Å². The molecule has 0 saturated carbocycles. The van der Waals surface area contributed by atoms with Crippen molar-refractivity contribution in [1.29, 1.82) is 0 Å². The molecule has 29 heavy (non-hydrogen) atoms. The van der Waals surface area contributed by atoms with Crippen molar-refractivity contribution in [2.24, 2.45) is 4.99 Å². The second-order valence-electron chi connectivity index (χ2n) is 6.41. The van der Waals surface area contributed by atoms with Crippen LogP contribution in [-0.2, 0) is 16.1 Å². The van der Waals surface area contributed by atoms with E-state index in [1.165, 1.54) is 0 Å². The van der Waals surface area contributed by atoms with E-state index in [0.717, 1.165) is 16.9 Å². The molecule has 0 saturated heterocycles. The van der Waals surface area contributed by atoms with E-state index in [1.54, 1.807) is 37.5 Å². The molecule has 0 bridgehead atoms. The van der Waals surface area contributed by atoms with Gasteiger partial charge < -0.3 is 14.2 Å². The highest BCUT2D eigenvalue weighted by atomic mass is 16.6. The molecule has 3 aromatic rings. The third-order valence-electron chi connectivity index (χ3n) is 4.37. The molecule has 0 amide bonds. The highest BCUT2D eigenvalue weighted by Crippen LogP contribution is 2.22. The molecule has 0 unspecified atom stereocenters. The third-order valence-corrected chi connectivity index (χ3v) is 4.37. The molecule has 1 aliphatic rings. The number of hydrogen-bond donors (Lipinski definition) is 0. The Morgan fingerprint density at radius 3 is 2.48 bits per heavy atom. The molecule has 1 heterocycles. The summed E-state index contributed by atoms with van der Waals surface area (Å²) >= 11 is 0. The van der Waals surface area contributed by atoms with Crippen molar-refractivity contribution in [1.82, 2.24) is 0 Å². The van der Waals surface area contributed by atoms with E-state index in [-0.39, 0.29) is 11.6 Å². The minimum Gasteiger partial charge on any atom is -0.497 e. The lowest BCUT2D eigenvalue weighted by Gasteiger charge is -2.07. The van der Waals surface area contributed by atoms with Gasteiger partial charge in [-0.3, -0.25) is 0 Å². The number of aliphatic imine (C=N–C) groups is 1. The largest absolute Gasteiger partial charge is 0.497 e. The molecule has 4 rings (SSSR count). The van der Waals surface area contributed by atoms with Crippen LogP contribution in [0.1, 0.15) is 16.7 Å². The zero-order chi connectivity index (χ0) is 20.1. The number of esters is 1. The molecule has 144 valence electrons. The van der Waals surface area contributed by atoms with Crippen LogP contribution in [0.15, 0.2) is 89.6 Å². The highest BCUT2D eigenvalue weighted by molar-refractivity contribution is 6.12. The van der Waals surface area contributed by atoms with Crippen LogP contribution in [0.2, 0.25) is 0 Å². The number of cyclic esters (lactones) is 1. The molecule has 0 fully saturated rings. The maximum Gasteiger partial charge on any atom is 0.363 e. The Kier molecular flexibility index (Phi) is 5.38. The van der Waals surface area contributed by atoms with Gasteiger partial charge >= 0.3 is 5.97 Å². The van der Waals surface area contributed by atoms with Gasteiger partial charge in [-0.15, -0.1) is 0 Å². The summed E-state index contributed by atoms with van der Waals surface area (Å²) in [7, 11) is 1.60. The Hall–Kier alpha value is -3.86. The number of carbonyl (C=O) groups is 1. The number of hydrogen-bond acceptors (Lipinski definition) is 5. The fraction of sp³-hybridized carbons (Fsp3) is 0.0833. The Balaban J connectivity index is 1.50.